The monoisotopic (exact) mass is 528 g/mol. The summed E-state index contributed by atoms with van der Waals surface area (Å²) in [5, 5.41) is 30.2. The number of carbonyl (C=O) groups is 1. The van der Waals surface area contributed by atoms with Crippen molar-refractivity contribution in [3.63, 3.8) is 0 Å². The molecule has 1 aliphatic rings. The highest BCUT2D eigenvalue weighted by atomic mass is 35.5. The van der Waals surface area contributed by atoms with E-state index < -0.39 is 18.2 Å². The van der Waals surface area contributed by atoms with Crippen LogP contribution in [-0.4, -0.2) is 51.6 Å². The molecule has 5 atom stereocenters. The molecule has 0 saturated heterocycles. The first-order chi connectivity index (χ1) is 16.1. The second kappa shape index (κ2) is 12.2. The summed E-state index contributed by atoms with van der Waals surface area (Å²) in [6, 6.07) is 9.74. The molecule has 1 heterocycles. The zero-order valence-corrected chi connectivity index (χ0v) is 22.0. The Balaban J connectivity index is 1.50. The van der Waals surface area contributed by atoms with Gasteiger partial charge in [-0.25, -0.2) is 4.79 Å². The fraction of sp³-hybridized carbons (Fsp3) is 0.577. The molecule has 3 N–H and O–H groups in total. The number of rotatable bonds is 11. The zero-order chi connectivity index (χ0) is 24.9. The van der Waals surface area contributed by atoms with Crippen LogP contribution in [0.4, 0.5) is 0 Å². The van der Waals surface area contributed by atoms with Gasteiger partial charge >= 0.3 is 5.97 Å². The summed E-state index contributed by atoms with van der Waals surface area (Å²) >= 11 is 14.2. The van der Waals surface area contributed by atoms with Crippen LogP contribution in [0.2, 0.25) is 5.02 Å². The van der Waals surface area contributed by atoms with Crippen molar-refractivity contribution in [2.24, 2.45) is 11.8 Å². The van der Waals surface area contributed by atoms with Crippen molar-refractivity contribution in [3.05, 3.63) is 56.2 Å². The predicted octanol–water partition coefficient (Wildman–Crippen LogP) is 5.17. The fourth-order valence-corrected chi connectivity index (χ4v) is 6.45. The number of carbonyl (C=O) groups excluding carboxylic acids is 1. The lowest BCUT2D eigenvalue weighted by Gasteiger charge is -2.23. The third kappa shape index (κ3) is 7.67. The molecule has 34 heavy (non-hydrogen) atoms. The molecule has 0 radical (unpaired) electrons. The Morgan fingerprint density at radius 1 is 1.21 bits per heavy atom. The molecular weight excluding hydrogens is 495 g/mol. The molecule has 0 amide bonds. The van der Waals surface area contributed by atoms with Crippen LogP contribution >= 0.6 is 34.5 Å². The van der Waals surface area contributed by atoms with Crippen molar-refractivity contribution in [2.75, 3.05) is 13.2 Å². The fourth-order valence-electron chi connectivity index (χ4n) is 4.70. The Morgan fingerprint density at radius 2 is 1.97 bits per heavy atom. The summed E-state index contributed by atoms with van der Waals surface area (Å²) in [4.78, 5) is 13.8. The number of halogens is 2. The molecule has 0 spiro atoms. The Hall–Kier alpha value is -1.15. The highest BCUT2D eigenvalue weighted by Gasteiger charge is 2.40. The number of esters is 1. The molecule has 1 aliphatic carbocycles. The van der Waals surface area contributed by atoms with Gasteiger partial charge in [-0.3, -0.25) is 0 Å². The molecule has 8 heteroatoms. The van der Waals surface area contributed by atoms with Crippen LogP contribution < -0.4 is 0 Å². The lowest BCUT2D eigenvalue weighted by Crippen LogP contribution is -2.35. The van der Waals surface area contributed by atoms with E-state index in [4.69, 9.17) is 33.0 Å². The maximum absolute atomic E-state index is 12.2. The third-order valence-corrected chi connectivity index (χ3v) is 8.37. The van der Waals surface area contributed by atoms with Crippen molar-refractivity contribution >= 4 is 40.5 Å². The second-order valence-electron chi connectivity index (χ2n) is 9.71. The smallest absolute Gasteiger partial charge is 0.348 e. The molecule has 0 bridgehead atoms. The van der Waals surface area contributed by atoms with Crippen LogP contribution in [0.1, 0.15) is 58.3 Å². The van der Waals surface area contributed by atoms with Gasteiger partial charge in [0.2, 0.25) is 0 Å². The number of hydrogen-bond donors (Lipinski definition) is 3. The van der Waals surface area contributed by atoms with E-state index in [2.05, 4.69) is 6.07 Å². The second-order valence-corrected chi connectivity index (χ2v) is 11.9. The van der Waals surface area contributed by atoms with E-state index in [1.807, 2.05) is 25.1 Å². The average molecular weight is 530 g/mol. The molecule has 0 aliphatic heterocycles. The van der Waals surface area contributed by atoms with Gasteiger partial charge < -0.3 is 20.1 Å². The number of alkyl halides is 1. The van der Waals surface area contributed by atoms with Crippen molar-refractivity contribution in [1.29, 1.82) is 0 Å². The molecule has 1 aromatic carbocycles. The molecule has 2 aromatic rings. The Bertz CT molecular complexity index is 940. The van der Waals surface area contributed by atoms with Gasteiger partial charge in [-0.05, 0) is 99.6 Å². The average Bonchev–Trinajstić information content (AvgIpc) is 3.34. The van der Waals surface area contributed by atoms with Crippen LogP contribution in [0.5, 0.6) is 0 Å². The highest BCUT2D eigenvalue weighted by molar-refractivity contribution is 7.13. The normalized spacial score (nSPS) is 24.2. The van der Waals surface area contributed by atoms with Gasteiger partial charge in [0.25, 0.3) is 0 Å². The minimum atomic E-state index is -1.44. The molecule has 5 nitrogen and oxygen atoms in total. The first-order valence-corrected chi connectivity index (χ1v) is 13.4. The highest BCUT2D eigenvalue weighted by Crippen LogP contribution is 2.41. The number of thiophene rings is 1. The van der Waals surface area contributed by atoms with Gasteiger partial charge in [0.1, 0.15) is 17.1 Å². The van der Waals surface area contributed by atoms with E-state index >= 15 is 0 Å². The number of aliphatic hydroxyl groups is 3. The first-order valence-electron chi connectivity index (χ1n) is 11.8. The van der Waals surface area contributed by atoms with E-state index in [0.29, 0.717) is 11.3 Å². The number of benzene rings is 1. The molecule has 1 unspecified atom stereocenters. The van der Waals surface area contributed by atoms with Gasteiger partial charge in [0, 0.05) is 15.3 Å². The summed E-state index contributed by atoms with van der Waals surface area (Å²) in [7, 11) is 0. The summed E-state index contributed by atoms with van der Waals surface area (Å²) in [5.74, 6) is -0.0851. The lowest BCUT2D eigenvalue weighted by molar-refractivity contribution is -0.0509. The van der Waals surface area contributed by atoms with Gasteiger partial charge in [-0.15, -0.1) is 22.9 Å². The van der Waals surface area contributed by atoms with E-state index in [-0.39, 0.29) is 29.9 Å². The maximum atomic E-state index is 12.2. The first kappa shape index (κ1) is 27.4. The number of aliphatic hydroxyl groups excluding tert-OH is 2. The topological polar surface area (TPSA) is 87.0 Å². The van der Waals surface area contributed by atoms with Crippen molar-refractivity contribution < 1.29 is 24.9 Å². The summed E-state index contributed by atoms with van der Waals surface area (Å²) in [6.45, 7) is 2.71. The van der Waals surface area contributed by atoms with Gasteiger partial charge in [-0.1, -0.05) is 17.7 Å². The van der Waals surface area contributed by atoms with E-state index in [1.165, 1.54) is 23.8 Å². The number of hydrogen-bond acceptors (Lipinski definition) is 6. The Kier molecular flexibility index (Phi) is 9.84. The Labute approximate surface area is 215 Å². The Morgan fingerprint density at radius 3 is 2.68 bits per heavy atom. The molecule has 1 aromatic heterocycles. The van der Waals surface area contributed by atoms with E-state index in [9.17, 15) is 15.0 Å². The molecule has 188 valence electrons. The summed E-state index contributed by atoms with van der Waals surface area (Å²) in [5.41, 5.74) is 0.883. The van der Waals surface area contributed by atoms with Crippen LogP contribution in [-0.2, 0) is 17.6 Å². The maximum Gasteiger partial charge on any atom is 0.348 e. The SMILES string of the molecule is Cc1cc(Cl)cc(CC[C@@H]2[C@@H](CCCc3ccc(C(=O)OCC(C)(O)CO)s3)[C@H](Cl)C[C@H]2O)c1. The third-order valence-electron chi connectivity index (χ3n) is 6.52. The van der Waals surface area contributed by atoms with Crippen LogP contribution in [0.15, 0.2) is 30.3 Å². The van der Waals surface area contributed by atoms with Crippen LogP contribution in [0, 0.1) is 18.8 Å². The minimum absolute atomic E-state index is 0.0331. The van der Waals surface area contributed by atoms with Gasteiger partial charge in [0.05, 0.1) is 12.7 Å². The van der Waals surface area contributed by atoms with E-state index in [0.717, 1.165) is 47.6 Å². The lowest BCUT2D eigenvalue weighted by atomic mass is 9.85. The number of ether oxygens (including phenoxy) is 1. The van der Waals surface area contributed by atoms with Gasteiger partial charge in [-0.2, -0.15) is 0 Å². The molecular formula is C26H34Cl2O5S. The largest absolute Gasteiger partial charge is 0.458 e. The zero-order valence-electron chi connectivity index (χ0n) is 19.7. The van der Waals surface area contributed by atoms with Gasteiger partial charge in [0.15, 0.2) is 0 Å². The van der Waals surface area contributed by atoms with Crippen molar-refractivity contribution in [3.8, 4) is 0 Å². The minimum Gasteiger partial charge on any atom is -0.458 e. The van der Waals surface area contributed by atoms with Crippen LogP contribution in [0.3, 0.4) is 0 Å². The molecule has 1 fully saturated rings. The van der Waals surface area contributed by atoms with E-state index in [1.54, 1.807) is 6.07 Å². The quantitative estimate of drug-likeness (QED) is 0.276. The summed E-state index contributed by atoms with van der Waals surface area (Å²) < 4.78 is 5.11. The van der Waals surface area contributed by atoms with Crippen LogP contribution in [0.25, 0.3) is 0 Å². The molecule has 1 saturated carbocycles. The summed E-state index contributed by atoms with van der Waals surface area (Å²) in [6.07, 6.45) is 4.64. The number of aryl methyl sites for hydroxylation is 3. The standard InChI is InChI=1S/C26H34Cl2O5S/c1-16-10-17(12-18(27)11-16)6-8-21-20(22(28)13-23(21)30)5-3-4-19-7-9-24(34-19)25(31)33-15-26(2,32)14-29/h7,9-12,20-23,29-30,32H,3-6,8,13-15H2,1-2H3/t20-,21-,22-,23-,26?/m1/s1. The van der Waals surface area contributed by atoms with Crippen molar-refractivity contribution in [2.45, 2.75) is 69.5 Å². The predicted molar refractivity (Wildman–Crippen MR) is 137 cm³/mol. The van der Waals surface area contributed by atoms with Crippen molar-refractivity contribution in [1.82, 2.24) is 0 Å². The molecule has 3 rings (SSSR count).